The Morgan fingerprint density at radius 2 is 2.31 bits per heavy atom. The number of carboxylic acid groups (broad SMARTS) is 1. The molecular weight excluding hydrogens is 204 g/mol. The van der Waals surface area contributed by atoms with Gasteiger partial charge in [0.05, 0.1) is 0 Å². The molecule has 0 spiro atoms. The van der Waals surface area contributed by atoms with Gasteiger partial charge in [-0.15, -0.1) is 0 Å². The van der Waals surface area contributed by atoms with Crippen LogP contribution in [0, 0.1) is 0 Å². The first-order chi connectivity index (χ1) is 7.79. The fourth-order valence-electron chi connectivity index (χ4n) is 1.28. The number of pyridine rings is 1. The lowest BCUT2D eigenvalue weighted by Gasteiger charge is -1.95. The molecule has 0 saturated carbocycles. The van der Waals surface area contributed by atoms with Crippen LogP contribution >= 0.6 is 0 Å². The van der Waals surface area contributed by atoms with Gasteiger partial charge in [0, 0.05) is 37.1 Å². The predicted octanol–water partition coefficient (Wildman–Crippen LogP) is 2.15. The third-order valence-electron chi connectivity index (χ3n) is 2.10. The summed E-state index contributed by atoms with van der Waals surface area (Å²) in [5, 5.41) is 8.43. The molecule has 4 heteroatoms. The third kappa shape index (κ3) is 5.90. The van der Waals surface area contributed by atoms with Crippen molar-refractivity contribution in [1.82, 2.24) is 4.98 Å². The highest BCUT2D eigenvalue weighted by Crippen LogP contribution is 2.00. The lowest BCUT2D eigenvalue weighted by atomic mass is 10.2. The molecule has 86 valence electrons. The van der Waals surface area contributed by atoms with Crippen LogP contribution in [0.2, 0.25) is 0 Å². The Kier molecular flexibility index (Phi) is 5.84. The Balaban J connectivity index is 2.07. The first-order valence-electron chi connectivity index (χ1n) is 5.40. The summed E-state index contributed by atoms with van der Waals surface area (Å²) in [4.78, 5) is 18.5. The van der Waals surface area contributed by atoms with Gasteiger partial charge in [-0.25, -0.2) is 0 Å². The quantitative estimate of drug-likeness (QED) is 0.565. The summed E-state index contributed by atoms with van der Waals surface area (Å²) in [7, 11) is 0. The van der Waals surface area contributed by atoms with E-state index in [1.54, 1.807) is 18.6 Å². The van der Waals surface area contributed by atoms with Gasteiger partial charge in [0.25, 0.3) is 0 Å². The molecular formula is C12H16N2O2. The minimum absolute atomic E-state index is 0.256. The summed E-state index contributed by atoms with van der Waals surface area (Å²) in [5.41, 5.74) is 0.994. The summed E-state index contributed by atoms with van der Waals surface area (Å²) in [6.07, 6.45) is 8.12. The highest BCUT2D eigenvalue weighted by Gasteiger charge is 1.95. The molecule has 1 N–H and O–H groups in total. The minimum Gasteiger partial charge on any atom is -0.481 e. The average molecular weight is 220 g/mol. The van der Waals surface area contributed by atoms with E-state index in [1.807, 2.05) is 12.1 Å². The molecule has 1 aromatic rings. The van der Waals surface area contributed by atoms with Gasteiger partial charge in [0.2, 0.25) is 0 Å². The Hall–Kier alpha value is -1.71. The fourth-order valence-corrected chi connectivity index (χ4v) is 1.28. The fraction of sp³-hybridized carbons (Fsp3) is 0.417. The topological polar surface area (TPSA) is 62.5 Å². The van der Waals surface area contributed by atoms with Crippen LogP contribution in [-0.2, 0) is 4.79 Å². The maximum Gasteiger partial charge on any atom is 0.303 e. The van der Waals surface area contributed by atoms with Crippen molar-refractivity contribution < 1.29 is 9.90 Å². The smallest absolute Gasteiger partial charge is 0.303 e. The molecule has 1 heterocycles. The van der Waals surface area contributed by atoms with Gasteiger partial charge in [0.1, 0.15) is 0 Å². The zero-order valence-corrected chi connectivity index (χ0v) is 9.17. The molecule has 0 aliphatic carbocycles. The molecule has 0 aliphatic heterocycles. The largest absolute Gasteiger partial charge is 0.481 e. The molecule has 0 saturated heterocycles. The summed E-state index contributed by atoms with van der Waals surface area (Å²) in [6.45, 7) is 0.745. The Bertz CT molecular complexity index is 336. The summed E-state index contributed by atoms with van der Waals surface area (Å²) >= 11 is 0. The van der Waals surface area contributed by atoms with Crippen LogP contribution in [0.25, 0.3) is 0 Å². The molecule has 4 nitrogen and oxygen atoms in total. The minimum atomic E-state index is -0.723. The van der Waals surface area contributed by atoms with E-state index in [4.69, 9.17) is 5.11 Å². The monoisotopic (exact) mass is 220 g/mol. The SMILES string of the molecule is O=C(O)CCCCCN=Cc1cccnc1. The zero-order chi connectivity index (χ0) is 11.6. The second-order valence-electron chi connectivity index (χ2n) is 3.53. The lowest BCUT2D eigenvalue weighted by Crippen LogP contribution is -1.94. The van der Waals surface area contributed by atoms with Crippen molar-refractivity contribution in [3.63, 3.8) is 0 Å². The van der Waals surface area contributed by atoms with Crippen molar-refractivity contribution in [3.8, 4) is 0 Å². The van der Waals surface area contributed by atoms with Crippen LogP contribution in [0.4, 0.5) is 0 Å². The number of carboxylic acids is 1. The second kappa shape index (κ2) is 7.56. The van der Waals surface area contributed by atoms with Crippen LogP contribution in [0.15, 0.2) is 29.5 Å². The van der Waals surface area contributed by atoms with Crippen LogP contribution in [0.1, 0.15) is 31.2 Å². The van der Waals surface area contributed by atoms with E-state index in [2.05, 4.69) is 9.98 Å². The van der Waals surface area contributed by atoms with E-state index < -0.39 is 5.97 Å². The number of nitrogens with zero attached hydrogens (tertiary/aromatic N) is 2. The standard InChI is InChI=1S/C12H16N2O2/c15-12(16)6-2-1-3-7-13-9-11-5-4-8-14-10-11/h4-5,8-10H,1-3,6-7H2,(H,15,16). The molecule has 0 bridgehead atoms. The number of aliphatic carboxylic acids is 1. The van der Waals surface area contributed by atoms with E-state index in [1.165, 1.54) is 0 Å². The number of aromatic nitrogens is 1. The molecule has 0 aliphatic rings. The lowest BCUT2D eigenvalue weighted by molar-refractivity contribution is -0.137. The maximum absolute atomic E-state index is 10.2. The van der Waals surface area contributed by atoms with Gasteiger partial charge in [0.15, 0.2) is 0 Å². The van der Waals surface area contributed by atoms with Gasteiger partial charge in [-0.05, 0) is 18.9 Å². The van der Waals surface area contributed by atoms with Crippen molar-refractivity contribution in [1.29, 1.82) is 0 Å². The number of rotatable bonds is 7. The van der Waals surface area contributed by atoms with E-state index >= 15 is 0 Å². The summed E-state index contributed by atoms with van der Waals surface area (Å²) < 4.78 is 0. The van der Waals surface area contributed by atoms with Crippen molar-refractivity contribution in [2.24, 2.45) is 4.99 Å². The van der Waals surface area contributed by atoms with Gasteiger partial charge >= 0.3 is 5.97 Å². The molecule has 0 unspecified atom stereocenters. The van der Waals surface area contributed by atoms with Gasteiger partial charge in [-0.1, -0.05) is 12.5 Å². The van der Waals surface area contributed by atoms with E-state index in [9.17, 15) is 4.79 Å². The molecule has 1 rings (SSSR count). The summed E-state index contributed by atoms with van der Waals surface area (Å²) in [5.74, 6) is -0.723. The average Bonchev–Trinajstić information content (AvgIpc) is 2.29. The van der Waals surface area contributed by atoms with E-state index in [0.29, 0.717) is 0 Å². The number of hydrogen-bond donors (Lipinski definition) is 1. The molecule has 0 amide bonds. The third-order valence-corrected chi connectivity index (χ3v) is 2.10. The van der Waals surface area contributed by atoms with Crippen LogP contribution in [-0.4, -0.2) is 28.8 Å². The van der Waals surface area contributed by atoms with Crippen LogP contribution in [0.3, 0.4) is 0 Å². The highest BCUT2D eigenvalue weighted by molar-refractivity contribution is 5.78. The second-order valence-corrected chi connectivity index (χ2v) is 3.53. The van der Waals surface area contributed by atoms with Gasteiger partial charge < -0.3 is 5.11 Å². The molecule has 0 fully saturated rings. The molecule has 16 heavy (non-hydrogen) atoms. The number of carbonyl (C=O) groups is 1. The summed E-state index contributed by atoms with van der Waals surface area (Å²) in [6, 6.07) is 3.81. The van der Waals surface area contributed by atoms with Gasteiger partial charge in [-0.3, -0.25) is 14.8 Å². The van der Waals surface area contributed by atoms with Crippen LogP contribution in [0.5, 0.6) is 0 Å². The maximum atomic E-state index is 10.2. The van der Waals surface area contributed by atoms with E-state index in [0.717, 1.165) is 31.4 Å². The van der Waals surface area contributed by atoms with Crippen molar-refractivity contribution in [3.05, 3.63) is 30.1 Å². The van der Waals surface area contributed by atoms with Gasteiger partial charge in [-0.2, -0.15) is 0 Å². The normalized spacial score (nSPS) is 10.8. The molecule has 0 radical (unpaired) electrons. The Morgan fingerprint density at radius 1 is 1.44 bits per heavy atom. The molecule has 0 atom stereocenters. The molecule has 0 aromatic carbocycles. The highest BCUT2D eigenvalue weighted by atomic mass is 16.4. The van der Waals surface area contributed by atoms with Crippen molar-refractivity contribution >= 4 is 12.2 Å². The van der Waals surface area contributed by atoms with E-state index in [-0.39, 0.29) is 6.42 Å². The first-order valence-corrected chi connectivity index (χ1v) is 5.40. The first kappa shape index (κ1) is 12.4. The zero-order valence-electron chi connectivity index (χ0n) is 9.17. The van der Waals surface area contributed by atoms with Crippen molar-refractivity contribution in [2.75, 3.05) is 6.54 Å². The number of unbranched alkanes of at least 4 members (excludes halogenated alkanes) is 2. The molecule has 1 aromatic heterocycles. The van der Waals surface area contributed by atoms with Crippen molar-refractivity contribution in [2.45, 2.75) is 25.7 Å². The number of hydrogen-bond acceptors (Lipinski definition) is 3. The predicted molar refractivity (Wildman–Crippen MR) is 62.8 cm³/mol. The Labute approximate surface area is 95.1 Å². The van der Waals surface area contributed by atoms with Crippen LogP contribution < -0.4 is 0 Å². The Morgan fingerprint density at radius 3 is 3.00 bits per heavy atom. The number of aliphatic imine (C=N–C) groups is 1.